The van der Waals surface area contributed by atoms with Gasteiger partial charge in [0.25, 0.3) is 0 Å². The standard InChI is InChI=1S/C20H19F2NO5/c1-12-4-7-14(19(25)27-3)11-15(12)23-18(24)9-6-13-5-8-16(28-20(21)22)17(10-13)26-2/h4-11,20H,1-3H3,(H,23,24)/b9-6+. The highest BCUT2D eigenvalue weighted by Crippen LogP contribution is 2.29. The maximum absolute atomic E-state index is 12.4. The molecule has 0 unspecified atom stereocenters. The van der Waals surface area contributed by atoms with Crippen LogP contribution in [-0.2, 0) is 9.53 Å². The summed E-state index contributed by atoms with van der Waals surface area (Å²) in [6.45, 7) is -1.18. The van der Waals surface area contributed by atoms with Crippen LogP contribution in [0, 0.1) is 6.92 Å². The highest BCUT2D eigenvalue weighted by molar-refractivity contribution is 6.03. The number of carbonyl (C=O) groups is 2. The summed E-state index contributed by atoms with van der Waals surface area (Å²) in [6.07, 6.45) is 2.76. The molecule has 1 N–H and O–H groups in total. The number of hydrogen-bond acceptors (Lipinski definition) is 5. The summed E-state index contributed by atoms with van der Waals surface area (Å²) < 4.78 is 38.7. The van der Waals surface area contributed by atoms with Gasteiger partial charge in [-0.05, 0) is 48.4 Å². The molecule has 0 saturated carbocycles. The van der Waals surface area contributed by atoms with E-state index in [0.717, 1.165) is 5.56 Å². The molecule has 8 heteroatoms. The van der Waals surface area contributed by atoms with Crippen molar-refractivity contribution >= 4 is 23.6 Å². The monoisotopic (exact) mass is 391 g/mol. The van der Waals surface area contributed by atoms with E-state index in [-0.39, 0.29) is 11.5 Å². The van der Waals surface area contributed by atoms with Gasteiger partial charge in [0.1, 0.15) is 0 Å². The number of alkyl halides is 2. The fourth-order valence-corrected chi connectivity index (χ4v) is 2.33. The lowest BCUT2D eigenvalue weighted by Gasteiger charge is -2.10. The van der Waals surface area contributed by atoms with Crippen LogP contribution in [0.4, 0.5) is 14.5 Å². The Hall–Kier alpha value is -3.42. The molecule has 0 saturated heterocycles. The number of carbonyl (C=O) groups excluding carboxylic acids is 2. The number of amides is 1. The van der Waals surface area contributed by atoms with Crippen molar-refractivity contribution < 1.29 is 32.6 Å². The third-order valence-corrected chi connectivity index (χ3v) is 3.75. The predicted octanol–water partition coefficient (Wildman–Crippen LogP) is 4.04. The molecule has 0 spiro atoms. The number of esters is 1. The van der Waals surface area contributed by atoms with Crippen molar-refractivity contribution in [1.82, 2.24) is 0 Å². The minimum atomic E-state index is -2.97. The van der Waals surface area contributed by atoms with Crippen molar-refractivity contribution in [3.05, 3.63) is 59.2 Å². The van der Waals surface area contributed by atoms with Gasteiger partial charge in [-0.2, -0.15) is 8.78 Å². The maximum Gasteiger partial charge on any atom is 0.387 e. The van der Waals surface area contributed by atoms with E-state index in [1.807, 2.05) is 0 Å². The van der Waals surface area contributed by atoms with Crippen molar-refractivity contribution in [3.8, 4) is 11.5 Å². The zero-order valence-corrected chi connectivity index (χ0v) is 15.5. The third-order valence-electron chi connectivity index (χ3n) is 3.75. The molecule has 0 atom stereocenters. The van der Waals surface area contributed by atoms with E-state index in [1.54, 1.807) is 19.1 Å². The average molecular weight is 391 g/mol. The summed E-state index contributed by atoms with van der Waals surface area (Å²) in [7, 11) is 2.60. The Kier molecular flexibility index (Phi) is 7.08. The number of halogens is 2. The van der Waals surface area contributed by atoms with Crippen LogP contribution in [-0.4, -0.2) is 32.7 Å². The first kappa shape index (κ1) is 20.9. The molecule has 0 radical (unpaired) electrons. The van der Waals surface area contributed by atoms with Crippen LogP contribution in [0.2, 0.25) is 0 Å². The topological polar surface area (TPSA) is 73.9 Å². The van der Waals surface area contributed by atoms with Crippen molar-refractivity contribution in [2.75, 3.05) is 19.5 Å². The van der Waals surface area contributed by atoms with E-state index in [9.17, 15) is 18.4 Å². The van der Waals surface area contributed by atoms with E-state index in [1.165, 1.54) is 50.6 Å². The van der Waals surface area contributed by atoms with Crippen LogP contribution in [0.1, 0.15) is 21.5 Å². The first-order chi connectivity index (χ1) is 13.3. The summed E-state index contributed by atoms with van der Waals surface area (Å²) >= 11 is 0. The molecule has 0 aliphatic rings. The molecule has 0 aliphatic carbocycles. The Bertz CT molecular complexity index is 896. The molecule has 2 aromatic rings. The predicted molar refractivity (Wildman–Crippen MR) is 99.8 cm³/mol. The van der Waals surface area contributed by atoms with Crippen LogP contribution in [0.5, 0.6) is 11.5 Å². The number of anilines is 1. The van der Waals surface area contributed by atoms with Gasteiger partial charge in [0, 0.05) is 11.8 Å². The molecule has 0 aliphatic heterocycles. The van der Waals surface area contributed by atoms with Crippen molar-refractivity contribution in [2.45, 2.75) is 13.5 Å². The minimum Gasteiger partial charge on any atom is -0.493 e. The molecule has 2 aromatic carbocycles. The second-order valence-electron chi connectivity index (χ2n) is 5.63. The van der Waals surface area contributed by atoms with Crippen LogP contribution in [0.3, 0.4) is 0 Å². The number of ether oxygens (including phenoxy) is 3. The number of methoxy groups -OCH3 is 2. The summed E-state index contributed by atoms with van der Waals surface area (Å²) in [4.78, 5) is 23.8. The Morgan fingerprint density at radius 1 is 1.07 bits per heavy atom. The van der Waals surface area contributed by atoms with Gasteiger partial charge >= 0.3 is 12.6 Å². The lowest BCUT2D eigenvalue weighted by molar-refractivity contribution is -0.111. The molecule has 0 heterocycles. The molecule has 28 heavy (non-hydrogen) atoms. The van der Waals surface area contributed by atoms with Gasteiger partial charge in [-0.3, -0.25) is 4.79 Å². The number of nitrogens with one attached hydrogen (secondary N) is 1. The second kappa shape index (κ2) is 9.50. The van der Waals surface area contributed by atoms with Gasteiger partial charge in [0.2, 0.25) is 5.91 Å². The zero-order chi connectivity index (χ0) is 20.7. The van der Waals surface area contributed by atoms with E-state index in [4.69, 9.17) is 4.74 Å². The normalized spacial score (nSPS) is 10.8. The molecule has 2 rings (SSSR count). The van der Waals surface area contributed by atoms with Gasteiger partial charge < -0.3 is 19.5 Å². The van der Waals surface area contributed by atoms with Crippen LogP contribution >= 0.6 is 0 Å². The van der Waals surface area contributed by atoms with Gasteiger partial charge in [0.05, 0.1) is 19.8 Å². The van der Waals surface area contributed by atoms with Crippen LogP contribution in [0.15, 0.2) is 42.5 Å². The number of aryl methyl sites for hydroxylation is 1. The van der Waals surface area contributed by atoms with E-state index in [0.29, 0.717) is 16.8 Å². The first-order valence-corrected chi connectivity index (χ1v) is 8.15. The molecule has 0 fully saturated rings. The molecule has 148 valence electrons. The van der Waals surface area contributed by atoms with Crippen molar-refractivity contribution in [2.24, 2.45) is 0 Å². The van der Waals surface area contributed by atoms with Gasteiger partial charge in [0.15, 0.2) is 11.5 Å². The second-order valence-corrected chi connectivity index (χ2v) is 5.63. The fourth-order valence-electron chi connectivity index (χ4n) is 2.33. The minimum absolute atomic E-state index is 0.102. The van der Waals surface area contributed by atoms with E-state index >= 15 is 0 Å². The molecule has 0 bridgehead atoms. The van der Waals surface area contributed by atoms with Crippen LogP contribution < -0.4 is 14.8 Å². The Morgan fingerprint density at radius 3 is 2.46 bits per heavy atom. The van der Waals surface area contributed by atoms with Gasteiger partial charge in [-0.25, -0.2) is 4.79 Å². The molecule has 1 amide bonds. The first-order valence-electron chi connectivity index (χ1n) is 8.15. The zero-order valence-electron chi connectivity index (χ0n) is 15.5. The molecular formula is C20H19F2NO5. The lowest BCUT2D eigenvalue weighted by atomic mass is 10.1. The Labute approximate surface area is 160 Å². The summed E-state index contributed by atoms with van der Waals surface area (Å²) in [5.74, 6) is -0.930. The fraction of sp³-hybridized carbons (Fsp3) is 0.200. The largest absolute Gasteiger partial charge is 0.493 e. The number of hydrogen-bond donors (Lipinski definition) is 1. The summed E-state index contributed by atoms with van der Waals surface area (Å²) in [5.41, 5.74) is 2.10. The van der Waals surface area contributed by atoms with Gasteiger partial charge in [-0.1, -0.05) is 12.1 Å². The van der Waals surface area contributed by atoms with Crippen molar-refractivity contribution in [1.29, 1.82) is 0 Å². The van der Waals surface area contributed by atoms with E-state index in [2.05, 4.69) is 14.8 Å². The number of benzene rings is 2. The molecular weight excluding hydrogens is 372 g/mol. The average Bonchev–Trinajstić information content (AvgIpc) is 2.67. The Morgan fingerprint density at radius 2 is 1.82 bits per heavy atom. The smallest absolute Gasteiger partial charge is 0.387 e. The third kappa shape index (κ3) is 5.54. The molecule has 6 nitrogen and oxygen atoms in total. The Balaban J connectivity index is 2.13. The maximum atomic E-state index is 12.4. The van der Waals surface area contributed by atoms with Gasteiger partial charge in [-0.15, -0.1) is 0 Å². The lowest BCUT2D eigenvalue weighted by Crippen LogP contribution is -2.10. The summed E-state index contributed by atoms with van der Waals surface area (Å²) in [6, 6.07) is 9.11. The van der Waals surface area contributed by atoms with Crippen molar-refractivity contribution in [3.63, 3.8) is 0 Å². The molecule has 0 aromatic heterocycles. The highest BCUT2D eigenvalue weighted by Gasteiger charge is 2.11. The SMILES string of the molecule is COC(=O)c1ccc(C)c(NC(=O)/C=C/c2ccc(OC(F)F)c(OC)c2)c1. The highest BCUT2D eigenvalue weighted by atomic mass is 19.3. The summed E-state index contributed by atoms with van der Waals surface area (Å²) in [5, 5.41) is 2.68. The number of rotatable bonds is 7. The van der Waals surface area contributed by atoms with Crippen LogP contribution in [0.25, 0.3) is 6.08 Å². The quantitative estimate of drug-likeness (QED) is 0.570. The van der Waals surface area contributed by atoms with E-state index < -0.39 is 18.5 Å².